The summed E-state index contributed by atoms with van der Waals surface area (Å²) in [5.74, 6) is -1.55. The molecule has 1 aromatic carbocycles. The maximum Gasteiger partial charge on any atom is 0.573 e. The van der Waals surface area contributed by atoms with E-state index in [1.807, 2.05) is 0 Å². The number of hydrogen-bond acceptors (Lipinski definition) is 4. The second kappa shape index (κ2) is 8.87. The van der Waals surface area contributed by atoms with Gasteiger partial charge in [0.2, 0.25) is 0 Å². The summed E-state index contributed by atoms with van der Waals surface area (Å²) in [6, 6.07) is 7.17. The Bertz CT molecular complexity index is 1300. The van der Waals surface area contributed by atoms with E-state index in [2.05, 4.69) is 20.8 Å². The Labute approximate surface area is 198 Å². The minimum absolute atomic E-state index is 0.145. The molecule has 35 heavy (non-hydrogen) atoms. The number of nitrogens with one attached hydrogen (secondary N) is 1. The number of carbonyl (C=O) groups excluding carboxylic acids is 1. The number of ether oxygens (including phenoxy) is 1. The number of halogens is 4. The summed E-state index contributed by atoms with van der Waals surface area (Å²) in [6.45, 7) is 0.754. The molecular weight excluding hydrogens is 464 g/mol. The van der Waals surface area contributed by atoms with Crippen LogP contribution in [0.5, 0.6) is 5.75 Å². The number of aromatic amines is 1. The lowest BCUT2D eigenvalue weighted by Gasteiger charge is -2.33. The lowest BCUT2D eigenvalue weighted by atomic mass is 9.81. The number of piperidine rings is 1. The van der Waals surface area contributed by atoms with E-state index in [1.165, 1.54) is 18.3 Å². The first-order valence-electron chi connectivity index (χ1n) is 11.5. The fraction of sp³-hybridized carbons (Fsp3) is 0.400. The standard InChI is InChI=1S/C25H22F4N4O2/c26-18-13-31-23-22(21-16(12-30)2-1-3-19(21)32-23)20(18)14-8-10-33(11-9-14)24(34)15-4-6-17(7-5-15)35-25(27,28)29/h4-7,13-14,16H,1-3,8-11H2,(H,31,32). The molecule has 1 unspecified atom stereocenters. The summed E-state index contributed by atoms with van der Waals surface area (Å²) in [7, 11) is 0. The molecule has 10 heteroatoms. The largest absolute Gasteiger partial charge is 0.573 e. The molecule has 0 bridgehead atoms. The van der Waals surface area contributed by atoms with Crippen molar-refractivity contribution in [3.63, 3.8) is 0 Å². The molecule has 2 aromatic heterocycles. The molecule has 1 aliphatic heterocycles. The van der Waals surface area contributed by atoms with E-state index in [1.54, 1.807) is 4.90 Å². The third kappa shape index (κ3) is 4.43. The van der Waals surface area contributed by atoms with E-state index < -0.39 is 17.9 Å². The lowest BCUT2D eigenvalue weighted by Crippen LogP contribution is -2.38. The summed E-state index contributed by atoms with van der Waals surface area (Å²) in [5.41, 5.74) is 3.20. The van der Waals surface area contributed by atoms with E-state index in [0.29, 0.717) is 42.5 Å². The Kier molecular flexibility index (Phi) is 5.87. The molecular formula is C25H22F4N4O2. The molecule has 1 saturated heterocycles. The van der Waals surface area contributed by atoms with Crippen LogP contribution in [-0.4, -0.2) is 40.2 Å². The van der Waals surface area contributed by atoms with Crippen LogP contribution in [-0.2, 0) is 6.42 Å². The van der Waals surface area contributed by atoms with Crippen molar-refractivity contribution in [3.8, 4) is 11.8 Å². The maximum atomic E-state index is 15.1. The van der Waals surface area contributed by atoms with E-state index in [9.17, 15) is 23.2 Å². The average molecular weight is 486 g/mol. The van der Waals surface area contributed by atoms with Crippen LogP contribution in [0, 0.1) is 17.1 Å². The van der Waals surface area contributed by atoms with Gasteiger partial charge < -0.3 is 14.6 Å². The highest BCUT2D eigenvalue weighted by atomic mass is 19.4. The van der Waals surface area contributed by atoms with Gasteiger partial charge in [0.1, 0.15) is 17.2 Å². The van der Waals surface area contributed by atoms with Gasteiger partial charge in [-0.2, -0.15) is 5.26 Å². The van der Waals surface area contributed by atoms with E-state index in [0.717, 1.165) is 42.7 Å². The van der Waals surface area contributed by atoms with E-state index in [-0.39, 0.29) is 23.3 Å². The number of H-pyrrole nitrogens is 1. The number of carbonyl (C=O) groups is 1. The van der Waals surface area contributed by atoms with E-state index in [4.69, 9.17) is 0 Å². The Hall–Kier alpha value is -3.61. The van der Waals surface area contributed by atoms with Crippen LogP contribution in [0.25, 0.3) is 11.0 Å². The number of aromatic nitrogens is 2. The van der Waals surface area contributed by atoms with Gasteiger partial charge in [-0.25, -0.2) is 9.37 Å². The molecule has 1 atom stereocenters. The molecule has 1 N–H and O–H groups in total. The number of nitrogens with zero attached hydrogens (tertiary/aromatic N) is 3. The third-order valence-corrected chi connectivity index (χ3v) is 6.88. The minimum Gasteiger partial charge on any atom is -0.406 e. The van der Waals surface area contributed by atoms with Crippen LogP contribution in [0.2, 0.25) is 0 Å². The molecule has 3 heterocycles. The molecule has 182 valence electrons. The van der Waals surface area contributed by atoms with Crippen molar-refractivity contribution in [3.05, 3.63) is 58.7 Å². The zero-order chi connectivity index (χ0) is 24.7. The van der Waals surface area contributed by atoms with Crippen LogP contribution in [0.15, 0.2) is 30.5 Å². The van der Waals surface area contributed by atoms with Gasteiger partial charge in [-0.3, -0.25) is 4.79 Å². The summed E-state index contributed by atoms with van der Waals surface area (Å²) in [5, 5.41) is 10.4. The molecule has 2 aliphatic rings. The Balaban J connectivity index is 1.35. The first kappa shape index (κ1) is 23.1. The molecule has 1 aliphatic carbocycles. The normalized spacial score (nSPS) is 18.8. The van der Waals surface area contributed by atoms with Crippen molar-refractivity contribution < 1.29 is 27.1 Å². The molecule has 5 rings (SSSR count). The van der Waals surface area contributed by atoms with Gasteiger partial charge in [0.25, 0.3) is 5.91 Å². The summed E-state index contributed by atoms with van der Waals surface area (Å²) in [4.78, 5) is 22.0. The van der Waals surface area contributed by atoms with Crippen molar-refractivity contribution in [2.75, 3.05) is 13.1 Å². The van der Waals surface area contributed by atoms with Gasteiger partial charge in [0.05, 0.1) is 18.2 Å². The monoisotopic (exact) mass is 486 g/mol. The molecule has 6 nitrogen and oxygen atoms in total. The van der Waals surface area contributed by atoms with Crippen LogP contribution in [0.4, 0.5) is 17.6 Å². The van der Waals surface area contributed by atoms with Crippen molar-refractivity contribution in [2.45, 2.75) is 50.3 Å². The minimum atomic E-state index is -4.80. The van der Waals surface area contributed by atoms with Gasteiger partial charge in [0.15, 0.2) is 0 Å². The summed E-state index contributed by atoms with van der Waals surface area (Å²) < 4.78 is 56.1. The number of fused-ring (bicyclic) bond motifs is 3. The van der Waals surface area contributed by atoms with Crippen LogP contribution in [0.1, 0.15) is 64.7 Å². The number of alkyl halides is 3. The molecule has 3 aromatic rings. The smallest absolute Gasteiger partial charge is 0.406 e. The first-order valence-corrected chi connectivity index (χ1v) is 11.5. The number of amides is 1. The van der Waals surface area contributed by atoms with E-state index >= 15 is 4.39 Å². The van der Waals surface area contributed by atoms with Crippen LogP contribution >= 0.6 is 0 Å². The third-order valence-electron chi connectivity index (χ3n) is 6.88. The predicted octanol–water partition coefficient (Wildman–Crippen LogP) is 5.56. The number of nitriles is 1. The van der Waals surface area contributed by atoms with Crippen molar-refractivity contribution in [1.29, 1.82) is 5.26 Å². The number of rotatable bonds is 3. The Morgan fingerprint density at radius 3 is 2.51 bits per heavy atom. The molecule has 0 spiro atoms. The van der Waals surface area contributed by atoms with Crippen LogP contribution < -0.4 is 4.74 Å². The summed E-state index contributed by atoms with van der Waals surface area (Å²) in [6.07, 6.45) is -0.130. The number of aryl methyl sites for hydroxylation is 1. The number of pyridine rings is 1. The molecule has 1 fully saturated rings. The second-order valence-corrected chi connectivity index (χ2v) is 8.97. The Morgan fingerprint density at radius 1 is 1.14 bits per heavy atom. The van der Waals surface area contributed by atoms with Gasteiger partial charge in [-0.1, -0.05) is 0 Å². The average Bonchev–Trinajstić information content (AvgIpc) is 3.22. The first-order chi connectivity index (χ1) is 16.7. The van der Waals surface area contributed by atoms with Gasteiger partial charge >= 0.3 is 6.36 Å². The van der Waals surface area contributed by atoms with Crippen molar-refractivity contribution in [2.24, 2.45) is 0 Å². The summed E-state index contributed by atoms with van der Waals surface area (Å²) >= 11 is 0. The molecule has 0 saturated carbocycles. The highest BCUT2D eigenvalue weighted by Gasteiger charge is 2.33. The molecule has 1 amide bonds. The molecule has 0 radical (unpaired) electrons. The number of hydrogen-bond donors (Lipinski definition) is 1. The fourth-order valence-corrected chi connectivity index (χ4v) is 5.32. The van der Waals surface area contributed by atoms with Crippen molar-refractivity contribution in [1.82, 2.24) is 14.9 Å². The lowest BCUT2D eigenvalue weighted by molar-refractivity contribution is -0.274. The van der Waals surface area contributed by atoms with Gasteiger partial charge in [0, 0.05) is 35.3 Å². The topological polar surface area (TPSA) is 82.0 Å². The fourth-order valence-electron chi connectivity index (χ4n) is 5.32. The van der Waals surface area contributed by atoms with Crippen molar-refractivity contribution >= 4 is 16.9 Å². The predicted molar refractivity (Wildman–Crippen MR) is 118 cm³/mol. The Morgan fingerprint density at radius 2 is 1.86 bits per heavy atom. The number of likely N-dealkylation sites (tertiary alicyclic amines) is 1. The number of benzene rings is 1. The maximum absolute atomic E-state index is 15.1. The van der Waals surface area contributed by atoms with Crippen LogP contribution in [0.3, 0.4) is 0 Å². The highest BCUT2D eigenvalue weighted by molar-refractivity contribution is 5.94. The zero-order valence-electron chi connectivity index (χ0n) is 18.7. The second-order valence-electron chi connectivity index (χ2n) is 8.97. The zero-order valence-corrected chi connectivity index (χ0v) is 18.7. The van der Waals surface area contributed by atoms with Gasteiger partial charge in [-0.05, 0) is 67.9 Å². The van der Waals surface area contributed by atoms with Gasteiger partial charge in [-0.15, -0.1) is 13.2 Å². The highest BCUT2D eigenvalue weighted by Crippen LogP contribution is 2.42. The SMILES string of the molecule is N#CC1CCCc2[nH]c3ncc(F)c(C4CCN(C(=O)c5ccc(OC(F)(F)F)cc5)CC4)c3c21. The quantitative estimate of drug-likeness (QED) is 0.491.